The molecule has 2 aromatic heterocycles. The molecular weight excluding hydrogens is 392 g/mol. The standard InChI is InChI=1S/C16H9BrN4O4/c17-10-6-7(21(24)25)5-9-12(16(22)19-13(9)10)15-14(20-23)8-3-1-2-4-11(8)18-15/h1-6,18-19,22H. The van der Waals surface area contributed by atoms with E-state index in [-0.39, 0.29) is 22.8 Å². The van der Waals surface area contributed by atoms with Gasteiger partial charge in [0.2, 0.25) is 0 Å². The molecule has 0 saturated heterocycles. The van der Waals surface area contributed by atoms with Crippen molar-refractivity contribution in [2.75, 3.05) is 0 Å². The lowest BCUT2D eigenvalue weighted by atomic mass is 10.1. The van der Waals surface area contributed by atoms with E-state index in [0.29, 0.717) is 32.0 Å². The number of para-hydroxylation sites is 1. The van der Waals surface area contributed by atoms with Crippen LogP contribution in [0.15, 0.2) is 46.0 Å². The molecule has 4 aromatic rings. The Kier molecular flexibility index (Phi) is 3.32. The van der Waals surface area contributed by atoms with E-state index in [4.69, 9.17) is 0 Å². The third-order valence-electron chi connectivity index (χ3n) is 4.06. The summed E-state index contributed by atoms with van der Waals surface area (Å²) in [6.07, 6.45) is 0. The minimum Gasteiger partial charge on any atom is -0.494 e. The molecule has 2 heterocycles. The van der Waals surface area contributed by atoms with Crippen molar-refractivity contribution in [2.24, 2.45) is 5.18 Å². The first-order valence-corrected chi connectivity index (χ1v) is 7.93. The van der Waals surface area contributed by atoms with Gasteiger partial charge in [-0.05, 0) is 27.2 Å². The number of aromatic hydroxyl groups is 1. The van der Waals surface area contributed by atoms with Crippen molar-refractivity contribution >= 4 is 49.1 Å². The summed E-state index contributed by atoms with van der Waals surface area (Å²) in [6.45, 7) is 0. The van der Waals surface area contributed by atoms with Gasteiger partial charge >= 0.3 is 0 Å². The van der Waals surface area contributed by atoms with Gasteiger partial charge in [0.15, 0.2) is 5.88 Å². The average Bonchev–Trinajstić information content (AvgIpc) is 3.11. The number of non-ortho nitro benzene ring substituents is 1. The largest absolute Gasteiger partial charge is 0.494 e. The van der Waals surface area contributed by atoms with Crippen molar-refractivity contribution in [3.05, 3.63) is 55.9 Å². The molecule has 2 aromatic carbocycles. The number of aromatic amines is 2. The van der Waals surface area contributed by atoms with Crippen LogP contribution in [-0.2, 0) is 0 Å². The fourth-order valence-electron chi connectivity index (χ4n) is 2.99. The summed E-state index contributed by atoms with van der Waals surface area (Å²) in [5, 5.41) is 25.6. The molecule has 0 bridgehead atoms. The molecule has 124 valence electrons. The van der Waals surface area contributed by atoms with Crippen LogP contribution in [0.25, 0.3) is 33.1 Å². The highest BCUT2D eigenvalue weighted by atomic mass is 79.9. The summed E-state index contributed by atoms with van der Waals surface area (Å²) in [5.41, 5.74) is 1.70. The van der Waals surface area contributed by atoms with E-state index < -0.39 is 4.92 Å². The molecule has 0 atom stereocenters. The third kappa shape index (κ3) is 2.20. The van der Waals surface area contributed by atoms with Gasteiger partial charge in [-0.1, -0.05) is 18.2 Å². The summed E-state index contributed by atoms with van der Waals surface area (Å²) in [4.78, 5) is 27.9. The summed E-state index contributed by atoms with van der Waals surface area (Å²) in [6, 6.07) is 9.75. The predicted octanol–water partition coefficient (Wildman–Crippen LogP) is 5.09. The average molecular weight is 401 g/mol. The van der Waals surface area contributed by atoms with Crippen molar-refractivity contribution in [1.29, 1.82) is 0 Å². The van der Waals surface area contributed by atoms with Crippen LogP contribution in [-0.4, -0.2) is 20.0 Å². The Balaban J connectivity index is 2.13. The Morgan fingerprint density at radius 3 is 2.64 bits per heavy atom. The first kappa shape index (κ1) is 15.3. The quantitative estimate of drug-likeness (QED) is 0.251. The minimum atomic E-state index is -0.526. The Labute approximate surface area is 147 Å². The zero-order valence-corrected chi connectivity index (χ0v) is 14.0. The number of rotatable bonds is 3. The van der Waals surface area contributed by atoms with E-state index in [1.807, 2.05) is 0 Å². The van der Waals surface area contributed by atoms with Crippen LogP contribution in [0.3, 0.4) is 0 Å². The summed E-state index contributed by atoms with van der Waals surface area (Å²) >= 11 is 3.26. The maximum atomic E-state index is 11.4. The van der Waals surface area contributed by atoms with Crippen LogP contribution in [0.2, 0.25) is 0 Å². The van der Waals surface area contributed by atoms with Gasteiger partial charge in [0.1, 0.15) is 5.69 Å². The number of hydrogen-bond acceptors (Lipinski definition) is 5. The molecule has 0 saturated carbocycles. The molecule has 0 radical (unpaired) electrons. The van der Waals surface area contributed by atoms with Gasteiger partial charge in [-0.15, -0.1) is 4.91 Å². The maximum absolute atomic E-state index is 11.4. The van der Waals surface area contributed by atoms with Gasteiger partial charge < -0.3 is 15.1 Å². The molecule has 8 nitrogen and oxygen atoms in total. The van der Waals surface area contributed by atoms with Crippen LogP contribution in [0, 0.1) is 15.0 Å². The number of nitro groups is 1. The van der Waals surface area contributed by atoms with Gasteiger partial charge in [0.05, 0.1) is 21.7 Å². The third-order valence-corrected chi connectivity index (χ3v) is 4.68. The number of nitrogens with zero attached hydrogens (tertiary/aromatic N) is 2. The second-order valence-electron chi connectivity index (χ2n) is 5.44. The van der Waals surface area contributed by atoms with Crippen LogP contribution < -0.4 is 0 Å². The number of benzene rings is 2. The number of halogens is 1. The van der Waals surface area contributed by atoms with Crippen molar-refractivity contribution in [1.82, 2.24) is 9.97 Å². The topological polar surface area (TPSA) is 124 Å². The normalized spacial score (nSPS) is 11.2. The van der Waals surface area contributed by atoms with Crippen LogP contribution >= 0.6 is 15.9 Å². The second kappa shape index (κ2) is 5.42. The fraction of sp³-hybridized carbons (Fsp3) is 0. The molecule has 0 fully saturated rings. The monoisotopic (exact) mass is 400 g/mol. The number of nitro benzene ring substituents is 1. The number of aromatic nitrogens is 2. The zero-order valence-electron chi connectivity index (χ0n) is 12.4. The van der Waals surface area contributed by atoms with E-state index in [0.717, 1.165) is 0 Å². The van der Waals surface area contributed by atoms with Crippen molar-refractivity contribution in [3.63, 3.8) is 0 Å². The molecule has 0 aliphatic heterocycles. The van der Waals surface area contributed by atoms with Gasteiger partial charge in [-0.2, -0.15) is 0 Å². The summed E-state index contributed by atoms with van der Waals surface area (Å²) < 4.78 is 0.426. The van der Waals surface area contributed by atoms with Crippen LogP contribution in [0.1, 0.15) is 0 Å². The minimum absolute atomic E-state index is 0.134. The molecule has 4 rings (SSSR count). The Morgan fingerprint density at radius 1 is 1.16 bits per heavy atom. The number of hydrogen-bond donors (Lipinski definition) is 3. The molecule has 9 heteroatoms. The van der Waals surface area contributed by atoms with Gasteiger partial charge in [0, 0.05) is 32.9 Å². The molecule has 0 amide bonds. The second-order valence-corrected chi connectivity index (χ2v) is 6.30. The van der Waals surface area contributed by atoms with E-state index in [1.165, 1.54) is 12.1 Å². The highest BCUT2D eigenvalue weighted by molar-refractivity contribution is 9.10. The molecule has 25 heavy (non-hydrogen) atoms. The van der Waals surface area contributed by atoms with E-state index in [9.17, 15) is 20.1 Å². The highest BCUT2D eigenvalue weighted by Crippen LogP contribution is 2.46. The first-order valence-electron chi connectivity index (χ1n) is 7.14. The van der Waals surface area contributed by atoms with Crippen molar-refractivity contribution in [3.8, 4) is 17.1 Å². The predicted molar refractivity (Wildman–Crippen MR) is 97.1 cm³/mol. The lowest BCUT2D eigenvalue weighted by Crippen LogP contribution is -1.88. The smallest absolute Gasteiger partial charge is 0.271 e. The Bertz CT molecular complexity index is 1180. The summed E-state index contributed by atoms with van der Waals surface area (Å²) in [7, 11) is 0. The maximum Gasteiger partial charge on any atom is 0.271 e. The molecule has 0 unspecified atom stereocenters. The fourth-order valence-corrected chi connectivity index (χ4v) is 3.53. The number of nitroso groups, excluding NO2 is 1. The summed E-state index contributed by atoms with van der Waals surface area (Å²) in [5.74, 6) is -0.215. The molecular formula is C16H9BrN4O4. The van der Waals surface area contributed by atoms with E-state index in [2.05, 4.69) is 31.1 Å². The molecule has 0 spiro atoms. The van der Waals surface area contributed by atoms with Crippen molar-refractivity contribution in [2.45, 2.75) is 0 Å². The SMILES string of the molecule is O=Nc1c(-c2c(O)[nH]c3c(Br)cc([N+](=O)[O-])cc23)[nH]c2ccccc12. The van der Waals surface area contributed by atoms with Crippen LogP contribution in [0.4, 0.5) is 11.4 Å². The lowest BCUT2D eigenvalue weighted by molar-refractivity contribution is -0.384. The molecule has 0 aliphatic carbocycles. The number of nitrogens with one attached hydrogen (secondary N) is 2. The van der Waals surface area contributed by atoms with E-state index >= 15 is 0 Å². The van der Waals surface area contributed by atoms with Gasteiger partial charge in [0.25, 0.3) is 5.69 Å². The van der Waals surface area contributed by atoms with Gasteiger partial charge in [-0.3, -0.25) is 10.1 Å². The van der Waals surface area contributed by atoms with Gasteiger partial charge in [-0.25, -0.2) is 0 Å². The Morgan fingerprint density at radius 2 is 1.92 bits per heavy atom. The number of fused-ring (bicyclic) bond motifs is 2. The Hall–Kier alpha value is -3.20. The molecule has 3 N–H and O–H groups in total. The van der Waals surface area contributed by atoms with Crippen LogP contribution in [0.5, 0.6) is 5.88 Å². The van der Waals surface area contributed by atoms with Crippen molar-refractivity contribution < 1.29 is 10.0 Å². The molecule has 0 aliphatic rings. The highest BCUT2D eigenvalue weighted by Gasteiger charge is 2.24. The number of H-pyrrole nitrogens is 2. The van der Waals surface area contributed by atoms with E-state index in [1.54, 1.807) is 24.3 Å². The first-order chi connectivity index (χ1) is 12.0. The zero-order chi connectivity index (χ0) is 17.7. The lowest BCUT2D eigenvalue weighted by Gasteiger charge is -2.00.